The first kappa shape index (κ1) is 6.89. The largest absolute Gasteiger partial charge is 0.465 e. The molecule has 3 aliphatic rings. The molecule has 0 spiro atoms. The standard InChI is InChI=1S/C9H12O3/c1-9-3-7-6(12-7)2-5(9)4-11-8(9)10/h5-7H,2-4H2,1H3/t5-,6+,7-,9-/m0/s1. The van der Waals surface area contributed by atoms with Crippen LogP contribution in [0.15, 0.2) is 0 Å². The molecule has 3 heteroatoms. The minimum absolute atomic E-state index is 0.0125. The maximum atomic E-state index is 11.4. The highest BCUT2D eigenvalue weighted by molar-refractivity contribution is 5.79. The third kappa shape index (κ3) is 0.678. The van der Waals surface area contributed by atoms with Crippen LogP contribution in [-0.4, -0.2) is 24.8 Å². The molecular formula is C9H12O3. The number of carbonyl (C=O) groups excluding carboxylic acids is 1. The van der Waals surface area contributed by atoms with Crippen LogP contribution in [0.2, 0.25) is 0 Å². The van der Waals surface area contributed by atoms with Gasteiger partial charge in [-0.15, -0.1) is 0 Å². The summed E-state index contributed by atoms with van der Waals surface area (Å²) >= 11 is 0. The van der Waals surface area contributed by atoms with Crippen LogP contribution in [0.3, 0.4) is 0 Å². The van der Waals surface area contributed by atoms with E-state index in [4.69, 9.17) is 9.47 Å². The van der Waals surface area contributed by atoms with Crippen LogP contribution in [0.5, 0.6) is 0 Å². The summed E-state index contributed by atoms with van der Waals surface area (Å²) < 4.78 is 10.5. The number of hydrogen-bond acceptors (Lipinski definition) is 3. The Morgan fingerprint density at radius 2 is 2.33 bits per heavy atom. The lowest BCUT2D eigenvalue weighted by molar-refractivity contribution is -0.146. The minimum Gasteiger partial charge on any atom is -0.465 e. The van der Waals surface area contributed by atoms with Crippen LogP contribution in [0, 0.1) is 11.3 Å². The lowest BCUT2D eigenvalue weighted by Gasteiger charge is -2.28. The van der Waals surface area contributed by atoms with Gasteiger partial charge in [0.05, 0.1) is 24.2 Å². The number of esters is 1. The molecule has 0 aromatic carbocycles. The van der Waals surface area contributed by atoms with E-state index in [0.29, 0.717) is 24.7 Å². The minimum atomic E-state index is -0.225. The number of ether oxygens (including phenoxy) is 2. The SMILES string of the molecule is C[C@]12C[C@@H]3O[C@@H]3C[C@H]1COC2=O. The molecule has 1 aliphatic carbocycles. The van der Waals surface area contributed by atoms with Crippen molar-refractivity contribution in [1.82, 2.24) is 0 Å². The first-order valence-electron chi connectivity index (χ1n) is 4.53. The van der Waals surface area contributed by atoms with Gasteiger partial charge in [0.25, 0.3) is 0 Å². The molecule has 0 aromatic heterocycles. The van der Waals surface area contributed by atoms with Crippen molar-refractivity contribution in [3.05, 3.63) is 0 Å². The first-order chi connectivity index (χ1) is 5.70. The zero-order valence-corrected chi connectivity index (χ0v) is 7.08. The topological polar surface area (TPSA) is 38.8 Å². The molecule has 3 nitrogen and oxygen atoms in total. The van der Waals surface area contributed by atoms with Crippen LogP contribution in [-0.2, 0) is 14.3 Å². The average Bonchev–Trinajstić information content (AvgIpc) is 2.70. The summed E-state index contributed by atoms with van der Waals surface area (Å²) in [6.45, 7) is 2.63. The fraction of sp³-hybridized carbons (Fsp3) is 0.889. The van der Waals surface area contributed by atoms with E-state index in [-0.39, 0.29) is 11.4 Å². The van der Waals surface area contributed by atoms with Crippen LogP contribution in [0.25, 0.3) is 0 Å². The van der Waals surface area contributed by atoms with Gasteiger partial charge in [-0.1, -0.05) is 0 Å². The van der Waals surface area contributed by atoms with Crippen LogP contribution in [0.1, 0.15) is 19.8 Å². The maximum Gasteiger partial charge on any atom is 0.312 e. The van der Waals surface area contributed by atoms with Crippen molar-refractivity contribution in [3.63, 3.8) is 0 Å². The molecule has 1 saturated carbocycles. The van der Waals surface area contributed by atoms with Gasteiger partial charge in [-0.3, -0.25) is 4.79 Å². The van der Waals surface area contributed by atoms with Gasteiger partial charge in [-0.2, -0.15) is 0 Å². The molecule has 0 aromatic rings. The Hall–Kier alpha value is -0.570. The van der Waals surface area contributed by atoms with E-state index in [1.54, 1.807) is 0 Å². The number of hydrogen-bond donors (Lipinski definition) is 0. The van der Waals surface area contributed by atoms with Crippen molar-refractivity contribution >= 4 is 5.97 Å². The number of rotatable bonds is 0. The molecule has 0 unspecified atom stereocenters. The Balaban J connectivity index is 1.93. The lowest BCUT2D eigenvalue weighted by atomic mass is 9.69. The highest BCUT2D eigenvalue weighted by Gasteiger charge is 2.60. The molecule has 12 heavy (non-hydrogen) atoms. The summed E-state index contributed by atoms with van der Waals surface area (Å²) in [5.41, 5.74) is -0.225. The summed E-state index contributed by atoms with van der Waals surface area (Å²) in [7, 11) is 0. The quantitative estimate of drug-likeness (QED) is 0.395. The van der Waals surface area contributed by atoms with Crippen molar-refractivity contribution < 1.29 is 14.3 Å². The van der Waals surface area contributed by atoms with Crippen molar-refractivity contribution in [2.75, 3.05) is 6.61 Å². The van der Waals surface area contributed by atoms with Gasteiger partial charge in [-0.25, -0.2) is 0 Å². The monoisotopic (exact) mass is 168 g/mol. The van der Waals surface area contributed by atoms with Gasteiger partial charge in [0.2, 0.25) is 0 Å². The molecular weight excluding hydrogens is 156 g/mol. The molecule has 2 aliphatic heterocycles. The van der Waals surface area contributed by atoms with Crippen molar-refractivity contribution in [2.45, 2.75) is 32.0 Å². The van der Waals surface area contributed by atoms with Crippen LogP contribution in [0.4, 0.5) is 0 Å². The van der Waals surface area contributed by atoms with Gasteiger partial charge in [0.1, 0.15) is 0 Å². The molecule has 0 radical (unpaired) electrons. The van der Waals surface area contributed by atoms with Gasteiger partial charge in [0, 0.05) is 5.92 Å². The molecule has 4 atom stereocenters. The smallest absolute Gasteiger partial charge is 0.312 e. The van der Waals surface area contributed by atoms with E-state index < -0.39 is 0 Å². The van der Waals surface area contributed by atoms with E-state index >= 15 is 0 Å². The van der Waals surface area contributed by atoms with Gasteiger partial charge >= 0.3 is 5.97 Å². The molecule has 3 fully saturated rings. The predicted molar refractivity (Wildman–Crippen MR) is 40.5 cm³/mol. The Labute approximate surface area is 71.0 Å². The van der Waals surface area contributed by atoms with Crippen molar-refractivity contribution in [3.8, 4) is 0 Å². The number of epoxide rings is 1. The molecule has 2 saturated heterocycles. The molecule has 0 N–H and O–H groups in total. The molecule has 66 valence electrons. The Morgan fingerprint density at radius 1 is 1.50 bits per heavy atom. The second-order valence-electron chi connectivity index (χ2n) is 4.37. The maximum absolute atomic E-state index is 11.4. The number of carbonyl (C=O) groups is 1. The predicted octanol–water partition coefficient (Wildman–Crippen LogP) is 0.727. The first-order valence-corrected chi connectivity index (χ1v) is 4.53. The summed E-state index contributed by atoms with van der Waals surface area (Å²) in [6.07, 6.45) is 2.70. The summed E-state index contributed by atoms with van der Waals surface area (Å²) in [6, 6.07) is 0. The Morgan fingerprint density at radius 3 is 3.17 bits per heavy atom. The molecule has 0 bridgehead atoms. The van der Waals surface area contributed by atoms with E-state index in [2.05, 4.69) is 0 Å². The summed E-state index contributed by atoms with van der Waals surface area (Å²) in [5, 5.41) is 0. The number of cyclic esters (lactones) is 1. The van der Waals surface area contributed by atoms with Gasteiger partial charge < -0.3 is 9.47 Å². The van der Waals surface area contributed by atoms with Gasteiger partial charge in [0.15, 0.2) is 0 Å². The average molecular weight is 168 g/mol. The summed E-state index contributed by atoms with van der Waals surface area (Å²) in [4.78, 5) is 11.4. The third-order valence-corrected chi connectivity index (χ3v) is 3.61. The lowest BCUT2D eigenvalue weighted by Crippen LogP contribution is -2.36. The van der Waals surface area contributed by atoms with Crippen LogP contribution < -0.4 is 0 Å². The fourth-order valence-corrected chi connectivity index (χ4v) is 2.53. The van der Waals surface area contributed by atoms with Crippen LogP contribution >= 0.6 is 0 Å². The van der Waals surface area contributed by atoms with E-state index in [0.717, 1.165) is 12.8 Å². The highest BCUT2D eigenvalue weighted by Crippen LogP contribution is 2.52. The zero-order valence-electron chi connectivity index (χ0n) is 7.08. The Kier molecular flexibility index (Phi) is 1.06. The second kappa shape index (κ2) is 1.84. The van der Waals surface area contributed by atoms with E-state index in [1.807, 2.05) is 6.92 Å². The Bertz CT molecular complexity index is 250. The second-order valence-corrected chi connectivity index (χ2v) is 4.37. The fourth-order valence-electron chi connectivity index (χ4n) is 2.53. The molecule has 0 amide bonds. The third-order valence-electron chi connectivity index (χ3n) is 3.61. The van der Waals surface area contributed by atoms with Crippen molar-refractivity contribution in [1.29, 1.82) is 0 Å². The summed E-state index contributed by atoms with van der Waals surface area (Å²) in [5.74, 6) is 0.398. The van der Waals surface area contributed by atoms with E-state index in [1.165, 1.54) is 0 Å². The van der Waals surface area contributed by atoms with Crippen molar-refractivity contribution in [2.24, 2.45) is 11.3 Å². The zero-order chi connectivity index (χ0) is 8.34. The van der Waals surface area contributed by atoms with E-state index in [9.17, 15) is 4.79 Å². The number of fused-ring (bicyclic) bond motifs is 2. The molecule has 3 rings (SSSR count). The normalized spacial score (nSPS) is 55.8. The molecule has 2 heterocycles. The highest BCUT2D eigenvalue weighted by atomic mass is 16.6. The van der Waals surface area contributed by atoms with Gasteiger partial charge in [-0.05, 0) is 19.8 Å².